The van der Waals surface area contributed by atoms with Crippen LogP contribution >= 0.6 is 0 Å². The van der Waals surface area contributed by atoms with Gasteiger partial charge in [0.25, 0.3) is 5.92 Å². The van der Waals surface area contributed by atoms with Crippen LogP contribution < -0.4 is 0 Å². The highest BCUT2D eigenvalue weighted by Crippen LogP contribution is 2.60. The minimum absolute atomic E-state index is 0.135. The summed E-state index contributed by atoms with van der Waals surface area (Å²) < 4.78 is 28.8. The molecule has 0 aromatic carbocycles. The van der Waals surface area contributed by atoms with E-state index in [9.17, 15) is 23.8 Å². The van der Waals surface area contributed by atoms with E-state index in [1.165, 1.54) is 6.92 Å². The smallest absolute Gasteiger partial charge is 0.251 e. The van der Waals surface area contributed by atoms with E-state index in [2.05, 4.69) is 0 Å². The number of carbonyl (C=O) groups excluding carboxylic acids is 1. The van der Waals surface area contributed by atoms with Gasteiger partial charge in [-0.3, -0.25) is 4.79 Å². The molecule has 0 amide bonds. The molecule has 1 aliphatic carbocycles. The van der Waals surface area contributed by atoms with Crippen molar-refractivity contribution in [3.8, 4) is 0 Å². The summed E-state index contributed by atoms with van der Waals surface area (Å²) >= 11 is 0. The van der Waals surface area contributed by atoms with Crippen LogP contribution in [0.3, 0.4) is 0 Å². The SMILES string of the molecule is CCC(=O)C1CC(F)(F)C(C)C(CO)C1(C(C)O)C(C)CC. The summed E-state index contributed by atoms with van der Waals surface area (Å²) in [6.07, 6.45) is -0.642. The fourth-order valence-electron chi connectivity index (χ4n) is 4.65. The van der Waals surface area contributed by atoms with Crippen LogP contribution in [0.1, 0.15) is 53.9 Å². The van der Waals surface area contributed by atoms with Crippen molar-refractivity contribution in [3.05, 3.63) is 0 Å². The molecule has 22 heavy (non-hydrogen) atoms. The average Bonchev–Trinajstić information content (AvgIpc) is 2.47. The van der Waals surface area contributed by atoms with E-state index in [1.54, 1.807) is 13.8 Å². The first kappa shape index (κ1) is 19.5. The third-order valence-corrected chi connectivity index (χ3v) is 6.12. The Labute approximate surface area is 132 Å². The zero-order chi connectivity index (χ0) is 17.3. The van der Waals surface area contributed by atoms with Gasteiger partial charge < -0.3 is 10.2 Å². The topological polar surface area (TPSA) is 57.5 Å². The molecule has 1 saturated carbocycles. The van der Waals surface area contributed by atoms with Crippen LogP contribution in [0.15, 0.2) is 0 Å². The first-order valence-electron chi connectivity index (χ1n) is 8.30. The highest BCUT2D eigenvalue weighted by atomic mass is 19.3. The monoisotopic (exact) mass is 320 g/mol. The molecule has 2 N–H and O–H groups in total. The lowest BCUT2D eigenvalue weighted by Crippen LogP contribution is -2.63. The number of rotatable bonds is 6. The van der Waals surface area contributed by atoms with Crippen LogP contribution in [-0.4, -0.2) is 34.6 Å². The summed E-state index contributed by atoms with van der Waals surface area (Å²) in [6, 6.07) is 0. The molecule has 6 atom stereocenters. The largest absolute Gasteiger partial charge is 0.396 e. The number of aliphatic hydroxyl groups is 2. The van der Waals surface area contributed by atoms with Gasteiger partial charge in [0.05, 0.1) is 6.10 Å². The van der Waals surface area contributed by atoms with Crippen molar-refractivity contribution >= 4 is 5.78 Å². The highest BCUT2D eigenvalue weighted by Gasteiger charge is 2.64. The number of aliphatic hydroxyl groups excluding tert-OH is 2. The third kappa shape index (κ3) is 2.82. The third-order valence-electron chi connectivity index (χ3n) is 6.12. The molecule has 0 bridgehead atoms. The number of Topliss-reactive ketones (excluding diaryl/α,β-unsaturated/α-hetero) is 1. The fraction of sp³-hybridized carbons (Fsp3) is 0.941. The maximum atomic E-state index is 14.4. The van der Waals surface area contributed by atoms with Gasteiger partial charge in [0.1, 0.15) is 5.78 Å². The predicted molar refractivity (Wildman–Crippen MR) is 81.7 cm³/mol. The van der Waals surface area contributed by atoms with E-state index in [4.69, 9.17) is 0 Å². The van der Waals surface area contributed by atoms with Crippen molar-refractivity contribution in [2.45, 2.75) is 65.9 Å². The number of carbonyl (C=O) groups is 1. The van der Waals surface area contributed by atoms with Gasteiger partial charge in [-0.05, 0) is 18.8 Å². The van der Waals surface area contributed by atoms with Crippen LogP contribution in [-0.2, 0) is 4.79 Å². The average molecular weight is 320 g/mol. The second-order valence-electron chi connectivity index (χ2n) is 6.90. The lowest BCUT2D eigenvalue weighted by Gasteiger charge is -2.58. The quantitative estimate of drug-likeness (QED) is 0.789. The van der Waals surface area contributed by atoms with Crippen LogP contribution in [0.2, 0.25) is 0 Å². The molecule has 0 spiro atoms. The van der Waals surface area contributed by atoms with E-state index in [1.807, 2.05) is 13.8 Å². The lowest BCUT2D eigenvalue weighted by atomic mass is 9.48. The summed E-state index contributed by atoms with van der Waals surface area (Å²) in [7, 11) is 0. The standard InChI is InChI=1S/C17H30F2O3/c1-6-10(3)17(12(5)21)13(15(22)7-2)8-16(18,19)11(4)14(17)9-20/h10-14,20-21H,6-9H2,1-5H3. The first-order chi connectivity index (χ1) is 10.1. The molecule has 1 aliphatic rings. The van der Waals surface area contributed by atoms with Crippen LogP contribution in [0, 0.1) is 29.1 Å². The van der Waals surface area contributed by atoms with Crippen molar-refractivity contribution in [2.75, 3.05) is 6.61 Å². The molecule has 130 valence electrons. The second kappa shape index (κ2) is 6.91. The van der Waals surface area contributed by atoms with Gasteiger partial charge in [-0.25, -0.2) is 8.78 Å². The number of alkyl halides is 2. The van der Waals surface area contributed by atoms with Crippen molar-refractivity contribution in [2.24, 2.45) is 29.1 Å². The maximum absolute atomic E-state index is 14.4. The van der Waals surface area contributed by atoms with Gasteiger partial charge in [-0.2, -0.15) is 0 Å². The molecule has 0 aromatic rings. The van der Waals surface area contributed by atoms with Crippen molar-refractivity contribution in [1.29, 1.82) is 0 Å². The molecule has 5 heteroatoms. The Kier molecular flexibility index (Phi) is 6.13. The number of halogens is 2. The van der Waals surface area contributed by atoms with Gasteiger partial charge >= 0.3 is 0 Å². The normalized spacial score (nSPS) is 37.6. The first-order valence-corrected chi connectivity index (χ1v) is 8.30. The Hall–Kier alpha value is -0.550. The molecular weight excluding hydrogens is 290 g/mol. The Morgan fingerprint density at radius 2 is 1.86 bits per heavy atom. The zero-order valence-electron chi connectivity index (χ0n) is 14.3. The molecule has 0 saturated heterocycles. The van der Waals surface area contributed by atoms with Gasteiger partial charge in [0.2, 0.25) is 0 Å². The van der Waals surface area contributed by atoms with Crippen molar-refractivity contribution in [3.63, 3.8) is 0 Å². The van der Waals surface area contributed by atoms with Crippen LogP contribution in [0.5, 0.6) is 0 Å². The van der Waals surface area contributed by atoms with Crippen LogP contribution in [0.25, 0.3) is 0 Å². The predicted octanol–water partition coefficient (Wildman–Crippen LogP) is 3.28. The van der Waals surface area contributed by atoms with Crippen molar-refractivity contribution < 1.29 is 23.8 Å². The summed E-state index contributed by atoms with van der Waals surface area (Å²) in [6.45, 7) is 8.03. The number of hydrogen-bond acceptors (Lipinski definition) is 3. The molecular formula is C17H30F2O3. The van der Waals surface area contributed by atoms with Gasteiger partial charge in [0, 0.05) is 36.7 Å². The Morgan fingerprint density at radius 3 is 2.23 bits per heavy atom. The van der Waals surface area contributed by atoms with E-state index in [0.29, 0.717) is 6.42 Å². The molecule has 3 nitrogen and oxygen atoms in total. The second-order valence-corrected chi connectivity index (χ2v) is 6.90. The Bertz CT molecular complexity index is 397. The number of hydrogen-bond donors (Lipinski definition) is 2. The molecule has 6 unspecified atom stereocenters. The van der Waals surface area contributed by atoms with Gasteiger partial charge in [0.15, 0.2) is 0 Å². The minimum Gasteiger partial charge on any atom is -0.396 e. The summed E-state index contributed by atoms with van der Waals surface area (Å²) in [4.78, 5) is 12.4. The van der Waals surface area contributed by atoms with Crippen molar-refractivity contribution in [1.82, 2.24) is 0 Å². The molecule has 0 radical (unpaired) electrons. The molecule has 1 rings (SSSR count). The summed E-state index contributed by atoms with van der Waals surface area (Å²) in [5.74, 6) is -6.17. The Balaban J connectivity index is 3.56. The zero-order valence-corrected chi connectivity index (χ0v) is 14.3. The van der Waals surface area contributed by atoms with Gasteiger partial charge in [-0.15, -0.1) is 0 Å². The highest BCUT2D eigenvalue weighted by molar-refractivity contribution is 5.82. The minimum atomic E-state index is -3.01. The summed E-state index contributed by atoms with van der Waals surface area (Å²) in [5, 5.41) is 20.4. The molecule has 0 heterocycles. The van der Waals surface area contributed by atoms with E-state index < -0.39 is 48.2 Å². The fourth-order valence-corrected chi connectivity index (χ4v) is 4.65. The molecule has 0 aliphatic heterocycles. The molecule has 1 fully saturated rings. The number of ketones is 1. The lowest BCUT2D eigenvalue weighted by molar-refractivity contribution is -0.225. The van der Waals surface area contributed by atoms with E-state index in [0.717, 1.165) is 0 Å². The van der Waals surface area contributed by atoms with E-state index >= 15 is 0 Å². The Morgan fingerprint density at radius 1 is 1.32 bits per heavy atom. The van der Waals surface area contributed by atoms with Gasteiger partial charge in [-0.1, -0.05) is 34.1 Å². The van der Waals surface area contributed by atoms with E-state index in [-0.39, 0.29) is 18.1 Å². The van der Waals surface area contributed by atoms with Crippen LogP contribution in [0.4, 0.5) is 8.78 Å². The molecule has 0 aromatic heterocycles. The summed E-state index contributed by atoms with van der Waals surface area (Å²) in [5.41, 5.74) is -1.00. The maximum Gasteiger partial charge on any atom is 0.251 e.